The van der Waals surface area contributed by atoms with Crippen LogP contribution in [0.2, 0.25) is 18.6 Å². The van der Waals surface area contributed by atoms with Crippen LogP contribution in [0.3, 0.4) is 0 Å². The van der Waals surface area contributed by atoms with Crippen molar-refractivity contribution in [1.29, 1.82) is 0 Å². The topological polar surface area (TPSA) is 0 Å². The van der Waals surface area contributed by atoms with E-state index in [1.54, 1.807) is 16.7 Å². The Hall–Kier alpha value is -0.563. The molecule has 4 rings (SSSR count). The van der Waals surface area contributed by atoms with Gasteiger partial charge in [0.2, 0.25) is 0 Å². The minimum atomic E-state index is -1.25. The molecule has 0 saturated carbocycles. The molecule has 0 radical (unpaired) electrons. The zero-order valence-corrected chi connectivity index (χ0v) is 16.6. The molecule has 0 saturated heterocycles. The van der Waals surface area contributed by atoms with Gasteiger partial charge in [0.15, 0.2) is 0 Å². The molecular formula is C21H32Si. The molecule has 0 bridgehead atoms. The zero-order valence-electron chi connectivity index (χ0n) is 15.6. The zero-order chi connectivity index (χ0) is 16.1. The number of hydrogen-bond acceptors (Lipinski definition) is 0. The molecule has 0 aromatic heterocycles. The number of hydrogen-bond donors (Lipinski definition) is 0. The van der Waals surface area contributed by atoms with Crippen LogP contribution in [0.5, 0.6) is 0 Å². The summed E-state index contributed by atoms with van der Waals surface area (Å²) in [6.07, 6.45) is 4.21. The quantitative estimate of drug-likeness (QED) is 0.570. The van der Waals surface area contributed by atoms with Gasteiger partial charge in [-0.05, 0) is 64.7 Å². The average Bonchev–Trinajstić information content (AvgIpc) is 2.59. The summed E-state index contributed by atoms with van der Waals surface area (Å²) in [6.45, 7) is 17.6. The van der Waals surface area contributed by atoms with Gasteiger partial charge in [0.25, 0.3) is 0 Å². The van der Waals surface area contributed by atoms with Gasteiger partial charge in [-0.3, -0.25) is 0 Å². The summed E-state index contributed by atoms with van der Waals surface area (Å²) in [5.74, 6) is 0. The van der Waals surface area contributed by atoms with Crippen LogP contribution >= 0.6 is 0 Å². The van der Waals surface area contributed by atoms with Crippen LogP contribution < -0.4 is 5.19 Å². The Morgan fingerprint density at radius 1 is 0.909 bits per heavy atom. The van der Waals surface area contributed by atoms with Crippen molar-refractivity contribution in [3.63, 3.8) is 0 Å². The monoisotopic (exact) mass is 312 g/mol. The SMILES string of the molecule is Cc1cc2c3c4c1C(C)(C)CC[Si]4(C)CCC3(C)CC2(C)C. The number of aryl methyl sites for hydroxylation is 1. The summed E-state index contributed by atoms with van der Waals surface area (Å²) in [6, 6.07) is 5.63. The molecule has 22 heavy (non-hydrogen) atoms. The van der Waals surface area contributed by atoms with E-state index >= 15 is 0 Å². The van der Waals surface area contributed by atoms with Gasteiger partial charge >= 0.3 is 0 Å². The minimum absolute atomic E-state index is 0.366. The molecule has 0 amide bonds. The lowest BCUT2D eigenvalue weighted by Gasteiger charge is -2.50. The summed E-state index contributed by atoms with van der Waals surface area (Å²) in [4.78, 5) is 0. The van der Waals surface area contributed by atoms with Gasteiger partial charge in [-0.25, -0.2) is 0 Å². The molecular weight excluding hydrogens is 280 g/mol. The molecule has 1 aromatic carbocycles. The predicted molar refractivity (Wildman–Crippen MR) is 99.3 cm³/mol. The Kier molecular flexibility index (Phi) is 2.66. The van der Waals surface area contributed by atoms with Crippen molar-refractivity contribution in [2.75, 3.05) is 0 Å². The molecule has 1 aliphatic carbocycles. The Morgan fingerprint density at radius 2 is 1.55 bits per heavy atom. The van der Waals surface area contributed by atoms with Crippen molar-refractivity contribution >= 4 is 13.3 Å². The largest absolute Gasteiger partial charge is 0.0845 e. The molecule has 1 aromatic rings. The molecule has 2 atom stereocenters. The van der Waals surface area contributed by atoms with E-state index in [1.807, 2.05) is 10.8 Å². The van der Waals surface area contributed by atoms with Crippen LogP contribution in [0.25, 0.3) is 0 Å². The van der Waals surface area contributed by atoms with Gasteiger partial charge < -0.3 is 0 Å². The second kappa shape index (κ2) is 3.91. The Balaban J connectivity index is 2.16. The van der Waals surface area contributed by atoms with Crippen LogP contribution in [0.1, 0.15) is 76.1 Å². The van der Waals surface area contributed by atoms with Crippen molar-refractivity contribution < 1.29 is 0 Å². The molecule has 0 fully saturated rings. The lowest BCUT2D eigenvalue weighted by Crippen LogP contribution is -2.59. The van der Waals surface area contributed by atoms with E-state index in [4.69, 9.17) is 0 Å². The summed E-state index contributed by atoms with van der Waals surface area (Å²) < 4.78 is 0. The lowest BCUT2D eigenvalue weighted by atomic mass is 9.74. The predicted octanol–water partition coefficient (Wildman–Crippen LogP) is 5.30. The number of benzene rings is 1. The van der Waals surface area contributed by atoms with Gasteiger partial charge in [-0.15, -0.1) is 0 Å². The van der Waals surface area contributed by atoms with E-state index in [0.717, 1.165) is 0 Å². The lowest BCUT2D eigenvalue weighted by molar-refractivity contribution is 0.362. The molecule has 2 unspecified atom stereocenters. The molecule has 0 N–H and O–H groups in total. The van der Waals surface area contributed by atoms with E-state index < -0.39 is 8.07 Å². The van der Waals surface area contributed by atoms with Gasteiger partial charge in [0.1, 0.15) is 0 Å². The van der Waals surface area contributed by atoms with Crippen LogP contribution in [-0.2, 0) is 16.2 Å². The van der Waals surface area contributed by atoms with Gasteiger partial charge in [-0.2, -0.15) is 0 Å². The summed E-state index contributed by atoms with van der Waals surface area (Å²) >= 11 is 0. The molecule has 0 spiro atoms. The minimum Gasteiger partial charge on any atom is -0.0652 e. The normalized spacial score (nSPS) is 37.0. The van der Waals surface area contributed by atoms with Crippen molar-refractivity contribution in [1.82, 2.24) is 0 Å². The third-order valence-electron chi connectivity index (χ3n) is 7.50. The molecule has 120 valence electrons. The van der Waals surface area contributed by atoms with Gasteiger partial charge in [-0.1, -0.05) is 64.5 Å². The highest BCUT2D eigenvalue weighted by molar-refractivity contribution is 6.92. The highest BCUT2D eigenvalue weighted by Gasteiger charge is 2.55. The third-order valence-corrected chi connectivity index (χ3v) is 11.9. The van der Waals surface area contributed by atoms with Crippen LogP contribution in [0.4, 0.5) is 0 Å². The second-order valence-corrected chi connectivity index (χ2v) is 15.1. The van der Waals surface area contributed by atoms with Crippen molar-refractivity contribution in [3.8, 4) is 0 Å². The first-order valence-corrected chi connectivity index (χ1v) is 12.1. The summed E-state index contributed by atoms with van der Waals surface area (Å²) in [5.41, 5.74) is 8.12. The first-order valence-electron chi connectivity index (χ1n) is 9.20. The smallest absolute Gasteiger partial charge is 0.0652 e. The molecule has 2 aliphatic heterocycles. The van der Waals surface area contributed by atoms with Crippen LogP contribution in [0, 0.1) is 6.92 Å². The fourth-order valence-electron chi connectivity index (χ4n) is 6.47. The summed E-state index contributed by atoms with van der Waals surface area (Å²) in [7, 11) is -1.25. The highest BCUT2D eigenvalue weighted by atomic mass is 28.3. The van der Waals surface area contributed by atoms with E-state index in [-0.39, 0.29) is 0 Å². The maximum Gasteiger partial charge on any atom is 0.0845 e. The van der Waals surface area contributed by atoms with E-state index in [0.29, 0.717) is 16.2 Å². The maximum atomic E-state index is 2.70. The van der Waals surface area contributed by atoms with Gasteiger partial charge in [0, 0.05) is 0 Å². The van der Waals surface area contributed by atoms with E-state index in [9.17, 15) is 0 Å². The molecule has 2 heterocycles. The number of rotatable bonds is 0. The van der Waals surface area contributed by atoms with Crippen molar-refractivity contribution in [2.45, 2.75) is 95.7 Å². The average molecular weight is 313 g/mol. The fraction of sp³-hybridized carbons (Fsp3) is 0.714. The molecule has 0 nitrogen and oxygen atoms in total. The second-order valence-electron chi connectivity index (χ2n) is 10.4. The Morgan fingerprint density at radius 3 is 2.23 bits per heavy atom. The maximum absolute atomic E-state index is 2.70. The first-order chi connectivity index (χ1) is 10.0. The Labute approximate surface area is 137 Å². The van der Waals surface area contributed by atoms with Crippen molar-refractivity contribution in [2.24, 2.45) is 0 Å². The van der Waals surface area contributed by atoms with Crippen LogP contribution in [-0.4, -0.2) is 8.07 Å². The standard InChI is InChI=1S/C21H32Si/c1-14-12-15-17-18-16(14)19(2,3)8-10-22(18,7)11-9-21(17,6)13-20(15,4)5/h12H,8-11,13H2,1-7H3. The Bertz CT molecular complexity index is 682. The van der Waals surface area contributed by atoms with E-state index in [1.165, 1.54) is 31.4 Å². The van der Waals surface area contributed by atoms with Crippen molar-refractivity contribution in [3.05, 3.63) is 28.3 Å². The molecule has 3 aliphatic rings. The summed E-state index contributed by atoms with van der Waals surface area (Å²) in [5, 5.41) is 1.93. The third kappa shape index (κ3) is 1.64. The van der Waals surface area contributed by atoms with Crippen LogP contribution in [0.15, 0.2) is 6.07 Å². The van der Waals surface area contributed by atoms with Gasteiger partial charge in [0.05, 0.1) is 8.07 Å². The fourth-order valence-corrected chi connectivity index (χ4v) is 11.7. The molecule has 1 heteroatoms. The first kappa shape index (κ1) is 15.0. The highest BCUT2D eigenvalue weighted by Crippen LogP contribution is 2.57. The van der Waals surface area contributed by atoms with E-state index in [2.05, 4.69) is 54.2 Å².